The van der Waals surface area contributed by atoms with Gasteiger partial charge >= 0.3 is 0 Å². The molecule has 6 nitrogen and oxygen atoms in total. The van der Waals surface area contributed by atoms with Gasteiger partial charge in [-0.2, -0.15) is 5.10 Å². The first-order valence-corrected chi connectivity index (χ1v) is 7.89. The summed E-state index contributed by atoms with van der Waals surface area (Å²) in [6.45, 7) is 0. The Balaban J connectivity index is 1.48. The molecule has 0 spiro atoms. The molecule has 1 atom stereocenters. The molecule has 0 bridgehead atoms. The molecule has 3 aromatic rings. The zero-order valence-electron chi connectivity index (χ0n) is 12.8. The molecule has 2 heterocycles. The Morgan fingerprint density at radius 2 is 2.20 bits per heavy atom. The van der Waals surface area contributed by atoms with Gasteiger partial charge in [0.25, 0.3) is 5.91 Å². The van der Waals surface area contributed by atoms with Crippen LogP contribution in [0.5, 0.6) is 5.75 Å². The second kappa shape index (κ2) is 6.18. The number of halogens is 2. The van der Waals surface area contributed by atoms with Crippen LogP contribution in [0.4, 0.5) is 10.1 Å². The number of hydrogen-bond donors (Lipinski definition) is 2. The van der Waals surface area contributed by atoms with Crippen LogP contribution in [0, 0.1) is 5.82 Å². The van der Waals surface area contributed by atoms with Crippen LogP contribution in [0.25, 0.3) is 11.4 Å². The van der Waals surface area contributed by atoms with Gasteiger partial charge in [0.15, 0.2) is 11.9 Å². The smallest absolute Gasteiger partial charge is 0.265 e. The summed E-state index contributed by atoms with van der Waals surface area (Å²) in [5.41, 5.74) is 1.46. The fourth-order valence-corrected chi connectivity index (χ4v) is 2.88. The highest BCUT2D eigenvalue weighted by atomic mass is 35.5. The SMILES string of the molecule is O=C(Nc1ccc(-c2ncn[nH]2)cc1F)C1Cc2cc(Cl)ccc2O1. The van der Waals surface area contributed by atoms with E-state index >= 15 is 0 Å². The number of carbonyl (C=O) groups is 1. The van der Waals surface area contributed by atoms with E-state index in [1.54, 1.807) is 24.3 Å². The van der Waals surface area contributed by atoms with Gasteiger partial charge in [-0.1, -0.05) is 11.6 Å². The number of benzene rings is 2. The van der Waals surface area contributed by atoms with Gasteiger partial charge in [0, 0.05) is 17.0 Å². The summed E-state index contributed by atoms with van der Waals surface area (Å²) in [7, 11) is 0. The van der Waals surface area contributed by atoms with Crippen molar-refractivity contribution in [3.05, 3.63) is 59.1 Å². The van der Waals surface area contributed by atoms with Gasteiger partial charge in [0.1, 0.15) is 17.9 Å². The van der Waals surface area contributed by atoms with Crippen molar-refractivity contribution in [3.8, 4) is 17.1 Å². The van der Waals surface area contributed by atoms with Crippen molar-refractivity contribution in [1.29, 1.82) is 0 Å². The van der Waals surface area contributed by atoms with Gasteiger partial charge in [0.2, 0.25) is 0 Å². The number of anilines is 1. The number of rotatable bonds is 3. The number of nitrogens with one attached hydrogen (secondary N) is 2. The molecule has 0 saturated heterocycles. The van der Waals surface area contributed by atoms with Crippen molar-refractivity contribution in [2.75, 3.05) is 5.32 Å². The van der Waals surface area contributed by atoms with Crippen molar-refractivity contribution >= 4 is 23.2 Å². The molecule has 0 fully saturated rings. The third-order valence-corrected chi connectivity index (χ3v) is 4.14. The molecule has 4 rings (SSSR count). The van der Waals surface area contributed by atoms with Crippen LogP contribution in [0.15, 0.2) is 42.7 Å². The van der Waals surface area contributed by atoms with E-state index in [1.807, 2.05) is 0 Å². The molecule has 2 aromatic carbocycles. The van der Waals surface area contributed by atoms with Gasteiger partial charge in [0.05, 0.1) is 5.69 Å². The maximum absolute atomic E-state index is 14.3. The second-order valence-electron chi connectivity index (χ2n) is 5.58. The average molecular weight is 359 g/mol. The minimum absolute atomic E-state index is 0.0749. The summed E-state index contributed by atoms with van der Waals surface area (Å²) in [4.78, 5) is 16.3. The first-order valence-electron chi connectivity index (χ1n) is 7.51. The lowest BCUT2D eigenvalue weighted by molar-refractivity contribution is -0.122. The standard InChI is InChI=1S/C17H12ClFN4O2/c18-11-2-4-14-10(5-11)7-15(25-14)17(24)22-13-3-1-9(6-12(13)19)16-20-8-21-23-16/h1-6,8,15H,7H2,(H,22,24)(H,20,21,23). The van der Waals surface area contributed by atoms with Crippen LogP contribution in [0.3, 0.4) is 0 Å². The third-order valence-electron chi connectivity index (χ3n) is 3.90. The molecule has 1 unspecified atom stereocenters. The van der Waals surface area contributed by atoms with Crippen LogP contribution in [-0.4, -0.2) is 27.2 Å². The van der Waals surface area contributed by atoms with Gasteiger partial charge in [-0.05, 0) is 42.0 Å². The minimum atomic E-state index is -0.721. The Bertz CT molecular complexity index is 946. The molecule has 2 N–H and O–H groups in total. The van der Waals surface area contributed by atoms with Gasteiger partial charge in [-0.25, -0.2) is 9.37 Å². The summed E-state index contributed by atoms with van der Waals surface area (Å²) in [5.74, 6) is 0.0772. The van der Waals surface area contributed by atoms with E-state index in [0.717, 1.165) is 5.56 Å². The Morgan fingerprint density at radius 1 is 1.32 bits per heavy atom. The van der Waals surface area contributed by atoms with E-state index in [4.69, 9.17) is 16.3 Å². The fraction of sp³-hybridized carbons (Fsp3) is 0.118. The number of amides is 1. The highest BCUT2D eigenvalue weighted by Gasteiger charge is 2.29. The van der Waals surface area contributed by atoms with E-state index in [9.17, 15) is 9.18 Å². The van der Waals surface area contributed by atoms with E-state index in [2.05, 4.69) is 20.5 Å². The first kappa shape index (κ1) is 15.6. The highest BCUT2D eigenvalue weighted by molar-refractivity contribution is 6.30. The molecule has 1 amide bonds. The third kappa shape index (κ3) is 3.06. The molecular formula is C17H12ClFN4O2. The number of fused-ring (bicyclic) bond motifs is 1. The molecule has 1 aromatic heterocycles. The predicted octanol–water partition coefficient (Wildman–Crippen LogP) is 3.21. The first-order chi connectivity index (χ1) is 12.1. The normalized spacial score (nSPS) is 15.5. The Kier molecular flexibility index (Phi) is 3.85. The maximum atomic E-state index is 14.3. The van der Waals surface area contributed by atoms with E-state index in [-0.39, 0.29) is 5.69 Å². The lowest BCUT2D eigenvalue weighted by Gasteiger charge is -2.12. The molecule has 8 heteroatoms. The summed E-state index contributed by atoms with van der Waals surface area (Å²) in [5, 5.41) is 9.51. The van der Waals surface area contributed by atoms with Crippen LogP contribution in [-0.2, 0) is 11.2 Å². The number of carbonyl (C=O) groups excluding carboxylic acids is 1. The maximum Gasteiger partial charge on any atom is 0.265 e. The van der Waals surface area contributed by atoms with Gasteiger partial charge in [-0.15, -0.1) is 0 Å². The molecule has 25 heavy (non-hydrogen) atoms. The van der Waals surface area contributed by atoms with Crippen molar-refractivity contribution in [3.63, 3.8) is 0 Å². The molecule has 1 aliphatic heterocycles. The average Bonchev–Trinajstić information content (AvgIpc) is 3.25. The summed E-state index contributed by atoms with van der Waals surface area (Å²) >= 11 is 5.94. The monoisotopic (exact) mass is 358 g/mol. The number of aromatic amines is 1. The van der Waals surface area contributed by atoms with E-state index in [1.165, 1.54) is 18.5 Å². The van der Waals surface area contributed by atoms with E-state index in [0.29, 0.717) is 28.6 Å². The zero-order chi connectivity index (χ0) is 17.4. The van der Waals surface area contributed by atoms with Gasteiger partial charge < -0.3 is 10.1 Å². The quantitative estimate of drug-likeness (QED) is 0.753. The Morgan fingerprint density at radius 3 is 2.96 bits per heavy atom. The molecule has 1 aliphatic rings. The van der Waals surface area contributed by atoms with Crippen LogP contribution < -0.4 is 10.1 Å². The largest absolute Gasteiger partial charge is 0.480 e. The topological polar surface area (TPSA) is 79.9 Å². The fourth-order valence-electron chi connectivity index (χ4n) is 2.68. The number of aromatic nitrogens is 3. The molecular weight excluding hydrogens is 347 g/mol. The molecule has 0 radical (unpaired) electrons. The van der Waals surface area contributed by atoms with Crippen LogP contribution in [0.2, 0.25) is 5.02 Å². The summed E-state index contributed by atoms with van der Waals surface area (Å²) in [6.07, 6.45) is 1.01. The second-order valence-corrected chi connectivity index (χ2v) is 6.02. The zero-order valence-corrected chi connectivity index (χ0v) is 13.5. The Labute approximate surface area is 147 Å². The molecule has 126 valence electrons. The minimum Gasteiger partial charge on any atom is -0.480 e. The summed E-state index contributed by atoms with van der Waals surface area (Å²) in [6, 6.07) is 9.57. The van der Waals surface area contributed by atoms with E-state index < -0.39 is 17.8 Å². The van der Waals surface area contributed by atoms with Crippen molar-refractivity contribution in [1.82, 2.24) is 15.2 Å². The van der Waals surface area contributed by atoms with Crippen LogP contribution in [0.1, 0.15) is 5.56 Å². The molecule has 0 saturated carbocycles. The van der Waals surface area contributed by atoms with Crippen molar-refractivity contribution < 1.29 is 13.9 Å². The highest BCUT2D eigenvalue weighted by Crippen LogP contribution is 2.31. The van der Waals surface area contributed by atoms with Crippen LogP contribution >= 0.6 is 11.6 Å². The number of hydrogen-bond acceptors (Lipinski definition) is 4. The number of H-pyrrole nitrogens is 1. The Hall–Kier alpha value is -2.93. The van der Waals surface area contributed by atoms with Gasteiger partial charge in [-0.3, -0.25) is 9.89 Å². The molecule has 0 aliphatic carbocycles. The number of nitrogens with zero attached hydrogens (tertiary/aromatic N) is 2. The van der Waals surface area contributed by atoms with Crippen molar-refractivity contribution in [2.24, 2.45) is 0 Å². The van der Waals surface area contributed by atoms with Crippen molar-refractivity contribution in [2.45, 2.75) is 12.5 Å². The lowest BCUT2D eigenvalue weighted by atomic mass is 10.1. The lowest BCUT2D eigenvalue weighted by Crippen LogP contribution is -2.31. The summed E-state index contributed by atoms with van der Waals surface area (Å²) < 4.78 is 19.9. The predicted molar refractivity (Wildman–Crippen MR) is 90.0 cm³/mol. The number of ether oxygens (including phenoxy) is 1.